The second kappa shape index (κ2) is 5.76. The molecule has 3 N–H and O–H groups in total. The first-order valence-electron chi connectivity index (χ1n) is 7.57. The average molecular weight is 308 g/mol. The Kier molecular flexibility index (Phi) is 3.78. The van der Waals surface area contributed by atoms with Gasteiger partial charge in [0.1, 0.15) is 6.04 Å². The third kappa shape index (κ3) is 2.77. The summed E-state index contributed by atoms with van der Waals surface area (Å²) in [5.41, 5.74) is 10.4. The largest absolute Gasteiger partial charge is 0.399 e. The Morgan fingerprint density at radius 3 is 2.83 bits per heavy atom. The highest BCUT2D eigenvalue weighted by molar-refractivity contribution is 5.95. The molecule has 0 aliphatic heterocycles. The predicted octanol–water partition coefficient (Wildman–Crippen LogP) is 3.44. The number of hydrogen-bond donors (Lipinski definition) is 2. The van der Waals surface area contributed by atoms with Crippen LogP contribution in [0.4, 0.5) is 11.4 Å². The number of nitrogen functional groups attached to an aromatic ring is 1. The van der Waals surface area contributed by atoms with Crippen LogP contribution in [0, 0.1) is 13.8 Å². The lowest BCUT2D eigenvalue weighted by Crippen LogP contribution is -2.24. The van der Waals surface area contributed by atoms with Crippen molar-refractivity contribution < 1.29 is 4.79 Å². The van der Waals surface area contributed by atoms with Gasteiger partial charge < -0.3 is 11.1 Å². The molecule has 0 saturated heterocycles. The molecule has 5 nitrogen and oxygen atoms in total. The summed E-state index contributed by atoms with van der Waals surface area (Å²) in [6, 6.07) is 11.0. The Morgan fingerprint density at radius 2 is 2.04 bits per heavy atom. The van der Waals surface area contributed by atoms with Crippen molar-refractivity contribution in [2.45, 2.75) is 26.8 Å². The number of aromatic nitrogens is 2. The van der Waals surface area contributed by atoms with Crippen LogP contribution in [0.5, 0.6) is 0 Å². The summed E-state index contributed by atoms with van der Waals surface area (Å²) >= 11 is 0. The van der Waals surface area contributed by atoms with Crippen LogP contribution in [-0.4, -0.2) is 15.7 Å². The number of amides is 1. The molecule has 3 rings (SSSR count). The number of nitrogens with zero attached hydrogens (tertiary/aromatic N) is 2. The summed E-state index contributed by atoms with van der Waals surface area (Å²) in [6.45, 7) is 5.86. The molecule has 0 spiro atoms. The zero-order valence-corrected chi connectivity index (χ0v) is 13.5. The lowest BCUT2D eigenvalue weighted by atomic mass is 10.1. The van der Waals surface area contributed by atoms with Gasteiger partial charge in [-0.3, -0.25) is 9.48 Å². The maximum atomic E-state index is 12.6. The Bertz CT molecular complexity index is 882. The zero-order chi connectivity index (χ0) is 16.6. The van der Waals surface area contributed by atoms with Gasteiger partial charge in [-0.1, -0.05) is 12.1 Å². The number of nitrogens with two attached hydrogens (primary N) is 1. The molecule has 3 aromatic rings. The standard InChI is InChI=1S/C18H20N4O/c1-11-5-4-6-16(12(11)2)21-18(23)13(3)22-17-9-15(19)8-7-14(17)10-20-22/h4-10,13H,19H2,1-3H3,(H,21,23). The van der Waals surface area contributed by atoms with E-state index in [0.717, 1.165) is 27.7 Å². The minimum atomic E-state index is -0.436. The molecule has 0 aliphatic carbocycles. The molecule has 5 heteroatoms. The summed E-state index contributed by atoms with van der Waals surface area (Å²) < 4.78 is 1.70. The highest BCUT2D eigenvalue weighted by Gasteiger charge is 2.19. The molecular formula is C18H20N4O. The summed E-state index contributed by atoms with van der Waals surface area (Å²) in [5, 5.41) is 8.29. The van der Waals surface area contributed by atoms with Crippen molar-refractivity contribution in [3.8, 4) is 0 Å². The molecule has 0 aliphatic rings. The van der Waals surface area contributed by atoms with E-state index in [9.17, 15) is 4.79 Å². The van der Waals surface area contributed by atoms with E-state index < -0.39 is 6.04 Å². The van der Waals surface area contributed by atoms with Gasteiger partial charge in [-0.2, -0.15) is 5.10 Å². The van der Waals surface area contributed by atoms with E-state index in [1.807, 2.05) is 57.2 Å². The van der Waals surface area contributed by atoms with Crippen LogP contribution >= 0.6 is 0 Å². The Labute approximate surface area is 135 Å². The van der Waals surface area contributed by atoms with E-state index in [-0.39, 0.29) is 5.91 Å². The van der Waals surface area contributed by atoms with E-state index in [2.05, 4.69) is 10.4 Å². The fraction of sp³-hybridized carbons (Fsp3) is 0.222. The number of rotatable bonds is 3. The maximum absolute atomic E-state index is 12.6. The summed E-state index contributed by atoms with van der Waals surface area (Å²) in [6.07, 6.45) is 1.75. The van der Waals surface area contributed by atoms with Crippen molar-refractivity contribution in [3.05, 3.63) is 53.7 Å². The number of carbonyl (C=O) groups is 1. The Balaban J connectivity index is 1.89. The molecule has 2 aromatic carbocycles. The van der Waals surface area contributed by atoms with Gasteiger partial charge in [0.25, 0.3) is 0 Å². The quantitative estimate of drug-likeness (QED) is 0.728. The van der Waals surface area contributed by atoms with Gasteiger partial charge in [-0.25, -0.2) is 0 Å². The van der Waals surface area contributed by atoms with Gasteiger partial charge in [-0.15, -0.1) is 0 Å². The van der Waals surface area contributed by atoms with Crippen LogP contribution in [0.15, 0.2) is 42.6 Å². The highest BCUT2D eigenvalue weighted by Crippen LogP contribution is 2.23. The zero-order valence-electron chi connectivity index (χ0n) is 13.5. The molecule has 118 valence electrons. The fourth-order valence-electron chi connectivity index (χ4n) is 2.60. The minimum absolute atomic E-state index is 0.105. The van der Waals surface area contributed by atoms with Crippen LogP contribution in [0.1, 0.15) is 24.1 Å². The van der Waals surface area contributed by atoms with Crippen LogP contribution in [0.3, 0.4) is 0 Å². The molecule has 0 fully saturated rings. The molecular weight excluding hydrogens is 288 g/mol. The number of aryl methyl sites for hydroxylation is 1. The van der Waals surface area contributed by atoms with E-state index in [0.29, 0.717) is 5.69 Å². The third-order valence-corrected chi connectivity index (χ3v) is 4.23. The molecule has 1 amide bonds. The lowest BCUT2D eigenvalue weighted by Gasteiger charge is -2.16. The summed E-state index contributed by atoms with van der Waals surface area (Å²) in [5.74, 6) is -0.105. The molecule has 1 aromatic heterocycles. The summed E-state index contributed by atoms with van der Waals surface area (Å²) in [4.78, 5) is 12.6. The smallest absolute Gasteiger partial charge is 0.248 e. The molecule has 23 heavy (non-hydrogen) atoms. The van der Waals surface area contributed by atoms with Crippen LogP contribution in [0.2, 0.25) is 0 Å². The molecule has 0 bridgehead atoms. The number of fused-ring (bicyclic) bond motifs is 1. The first kappa shape index (κ1) is 15.1. The van der Waals surface area contributed by atoms with Gasteiger partial charge in [0.05, 0.1) is 11.7 Å². The number of nitrogens with one attached hydrogen (secondary N) is 1. The first-order chi connectivity index (χ1) is 11.0. The normalized spacial score (nSPS) is 12.3. The molecule has 0 saturated carbocycles. The lowest BCUT2D eigenvalue weighted by molar-refractivity contribution is -0.119. The van der Waals surface area contributed by atoms with Gasteiger partial charge in [0.15, 0.2) is 0 Å². The van der Waals surface area contributed by atoms with E-state index in [1.165, 1.54) is 0 Å². The topological polar surface area (TPSA) is 72.9 Å². The van der Waals surface area contributed by atoms with Gasteiger partial charge in [0.2, 0.25) is 5.91 Å². The van der Waals surface area contributed by atoms with Gasteiger partial charge >= 0.3 is 0 Å². The van der Waals surface area contributed by atoms with Crippen LogP contribution in [0.25, 0.3) is 10.9 Å². The summed E-state index contributed by atoms with van der Waals surface area (Å²) in [7, 11) is 0. The number of benzene rings is 2. The first-order valence-corrected chi connectivity index (χ1v) is 7.57. The van der Waals surface area contributed by atoms with Crippen LogP contribution < -0.4 is 11.1 Å². The Morgan fingerprint density at radius 1 is 1.26 bits per heavy atom. The second-order valence-corrected chi connectivity index (χ2v) is 5.82. The molecule has 1 atom stereocenters. The number of carbonyl (C=O) groups excluding carboxylic acids is 1. The van der Waals surface area contributed by atoms with Crippen molar-refractivity contribution in [2.24, 2.45) is 0 Å². The van der Waals surface area contributed by atoms with Crippen molar-refractivity contribution in [1.82, 2.24) is 9.78 Å². The maximum Gasteiger partial charge on any atom is 0.248 e. The number of anilines is 2. The van der Waals surface area contributed by atoms with E-state index >= 15 is 0 Å². The minimum Gasteiger partial charge on any atom is -0.399 e. The monoisotopic (exact) mass is 308 g/mol. The van der Waals surface area contributed by atoms with E-state index in [4.69, 9.17) is 5.73 Å². The fourth-order valence-corrected chi connectivity index (χ4v) is 2.60. The average Bonchev–Trinajstić information content (AvgIpc) is 2.94. The van der Waals surface area contributed by atoms with Crippen LogP contribution in [-0.2, 0) is 4.79 Å². The Hall–Kier alpha value is -2.82. The molecule has 1 heterocycles. The van der Waals surface area contributed by atoms with Crippen molar-refractivity contribution in [2.75, 3.05) is 11.1 Å². The van der Waals surface area contributed by atoms with Crippen molar-refractivity contribution >= 4 is 28.2 Å². The van der Waals surface area contributed by atoms with E-state index in [1.54, 1.807) is 10.9 Å². The third-order valence-electron chi connectivity index (χ3n) is 4.23. The molecule has 0 radical (unpaired) electrons. The van der Waals surface area contributed by atoms with Crippen molar-refractivity contribution in [1.29, 1.82) is 0 Å². The SMILES string of the molecule is Cc1cccc(NC(=O)C(C)n2ncc3ccc(N)cc32)c1C. The van der Waals surface area contributed by atoms with Gasteiger partial charge in [0, 0.05) is 16.8 Å². The van der Waals surface area contributed by atoms with Crippen molar-refractivity contribution in [3.63, 3.8) is 0 Å². The van der Waals surface area contributed by atoms with Gasteiger partial charge in [-0.05, 0) is 56.2 Å². The number of hydrogen-bond acceptors (Lipinski definition) is 3. The predicted molar refractivity (Wildman–Crippen MR) is 93.4 cm³/mol. The highest BCUT2D eigenvalue weighted by atomic mass is 16.2. The molecule has 1 unspecified atom stereocenters. The second-order valence-electron chi connectivity index (χ2n) is 5.82.